The van der Waals surface area contributed by atoms with Crippen molar-refractivity contribution in [3.8, 4) is 55.6 Å². The van der Waals surface area contributed by atoms with Gasteiger partial charge in [0, 0.05) is 33.3 Å². The van der Waals surface area contributed by atoms with Gasteiger partial charge in [-0.3, -0.25) is 0 Å². The van der Waals surface area contributed by atoms with Gasteiger partial charge < -0.3 is 9.32 Å². The standard InChI is InChI=1S/C70H45NO/c1-3-18-49(19-4-1)68-63-26-10-9-24-59(63)61-44-38-51(45-65(61)69(68)50-20-5-2-6-21-50)56-23-11-13-31-66(56)71(53-41-35-48(36-42-53)57-28-16-30-64-62-25-12-14-32-67(62)72-70(57)64)52-39-33-47(34-40-52)55-27-15-29-58-54-22-8-7-17-46(54)37-43-60(55)58/h1-45H. The normalized spacial score (nSPS) is 11.6. The number of rotatable bonds is 8. The fourth-order valence-corrected chi connectivity index (χ4v) is 11.4. The van der Waals surface area contributed by atoms with E-state index in [0.717, 1.165) is 61.3 Å². The average Bonchev–Trinajstić information content (AvgIpc) is 3.85. The third-order valence-electron chi connectivity index (χ3n) is 14.7. The number of nitrogens with zero attached hydrogens (tertiary/aromatic N) is 1. The molecule has 336 valence electrons. The van der Waals surface area contributed by atoms with Crippen molar-refractivity contribution in [1.29, 1.82) is 0 Å². The largest absolute Gasteiger partial charge is 0.455 e. The summed E-state index contributed by atoms with van der Waals surface area (Å²) in [5.41, 5.74) is 16.7. The fraction of sp³-hybridized carbons (Fsp3) is 0. The molecule has 2 heteroatoms. The number of furan rings is 1. The van der Waals surface area contributed by atoms with Crippen LogP contribution in [0.2, 0.25) is 0 Å². The molecule has 14 aromatic rings. The van der Waals surface area contributed by atoms with Crippen LogP contribution < -0.4 is 4.90 Å². The SMILES string of the molecule is c1ccc(-c2c(-c3ccccc3)c3cc(-c4ccccc4N(c4ccc(-c5cccc6c5ccc5ccccc56)cc4)c4ccc(-c5cccc6c5oc5ccccc56)cc4)ccc3c3ccccc23)cc1. The van der Waals surface area contributed by atoms with E-state index in [-0.39, 0.29) is 0 Å². The minimum Gasteiger partial charge on any atom is -0.455 e. The summed E-state index contributed by atoms with van der Waals surface area (Å²) in [4.78, 5) is 2.42. The summed E-state index contributed by atoms with van der Waals surface area (Å²) in [6.45, 7) is 0. The van der Waals surface area contributed by atoms with Crippen molar-refractivity contribution in [3.63, 3.8) is 0 Å². The first-order valence-corrected chi connectivity index (χ1v) is 24.7. The third-order valence-corrected chi connectivity index (χ3v) is 14.7. The second-order valence-electron chi connectivity index (χ2n) is 18.7. The van der Waals surface area contributed by atoms with E-state index in [9.17, 15) is 0 Å². The molecule has 0 aliphatic heterocycles. The van der Waals surface area contributed by atoms with Crippen molar-refractivity contribution in [1.82, 2.24) is 0 Å². The monoisotopic (exact) mass is 915 g/mol. The lowest BCUT2D eigenvalue weighted by Crippen LogP contribution is -2.11. The molecular weight excluding hydrogens is 871 g/mol. The topological polar surface area (TPSA) is 16.4 Å². The quantitative estimate of drug-likeness (QED) is 0.141. The minimum atomic E-state index is 0.897. The van der Waals surface area contributed by atoms with Crippen molar-refractivity contribution >= 4 is 82.1 Å². The lowest BCUT2D eigenvalue weighted by atomic mass is 9.84. The Morgan fingerprint density at radius 2 is 0.736 bits per heavy atom. The number of hydrogen-bond acceptors (Lipinski definition) is 2. The Hall–Kier alpha value is -9.50. The zero-order valence-corrected chi connectivity index (χ0v) is 39.3. The Morgan fingerprint density at radius 1 is 0.250 bits per heavy atom. The Balaban J connectivity index is 0.955. The van der Waals surface area contributed by atoms with E-state index in [2.05, 4.69) is 266 Å². The molecule has 0 fully saturated rings. The molecule has 0 radical (unpaired) electrons. The summed E-state index contributed by atoms with van der Waals surface area (Å²) in [5.74, 6) is 0. The van der Waals surface area contributed by atoms with Crippen LogP contribution in [0.1, 0.15) is 0 Å². The molecule has 0 bridgehead atoms. The van der Waals surface area contributed by atoms with Crippen LogP contribution in [0.5, 0.6) is 0 Å². The summed E-state index contributed by atoms with van der Waals surface area (Å²) in [6.07, 6.45) is 0. The summed E-state index contributed by atoms with van der Waals surface area (Å²) >= 11 is 0. The van der Waals surface area contributed by atoms with Gasteiger partial charge in [0.25, 0.3) is 0 Å². The fourth-order valence-electron chi connectivity index (χ4n) is 11.4. The van der Waals surface area contributed by atoms with Gasteiger partial charge in [-0.05, 0) is 130 Å². The van der Waals surface area contributed by atoms with Gasteiger partial charge in [-0.25, -0.2) is 0 Å². The Labute approximate surface area is 417 Å². The molecule has 0 spiro atoms. The lowest BCUT2D eigenvalue weighted by Gasteiger charge is -2.28. The van der Waals surface area contributed by atoms with Gasteiger partial charge in [0.05, 0.1) is 5.69 Å². The minimum absolute atomic E-state index is 0.897. The van der Waals surface area contributed by atoms with Crippen molar-refractivity contribution < 1.29 is 4.42 Å². The lowest BCUT2D eigenvalue weighted by molar-refractivity contribution is 0.670. The van der Waals surface area contributed by atoms with Gasteiger partial charge in [-0.1, -0.05) is 231 Å². The van der Waals surface area contributed by atoms with Crippen molar-refractivity contribution in [2.75, 3.05) is 4.90 Å². The van der Waals surface area contributed by atoms with Gasteiger partial charge in [0.2, 0.25) is 0 Å². The highest BCUT2D eigenvalue weighted by Gasteiger charge is 2.22. The third kappa shape index (κ3) is 6.88. The summed E-state index contributed by atoms with van der Waals surface area (Å²) in [7, 11) is 0. The summed E-state index contributed by atoms with van der Waals surface area (Å²) < 4.78 is 6.53. The van der Waals surface area contributed by atoms with Gasteiger partial charge in [-0.15, -0.1) is 0 Å². The average molecular weight is 916 g/mol. The van der Waals surface area contributed by atoms with Gasteiger partial charge >= 0.3 is 0 Å². The van der Waals surface area contributed by atoms with E-state index in [0.29, 0.717) is 0 Å². The molecule has 2 nitrogen and oxygen atoms in total. The molecule has 72 heavy (non-hydrogen) atoms. The number of benzene rings is 13. The van der Waals surface area contributed by atoms with Gasteiger partial charge in [0.15, 0.2) is 0 Å². The van der Waals surface area contributed by atoms with Crippen LogP contribution in [0.4, 0.5) is 17.1 Å². The van der Waals surface area contributed by atoms with Crippen LogP contribution >= 0.6 is 0 Å². The second kappa shape index (κ2) is 17.2. The van der Waals surface area contributed by atoms with E-state index in [1.54, 1.807) is 0 Å². The highest BCUT2D eigenvalue weighted by molar-refractivity contribution is 6.22. The van der Waals surface area contributed by atoms with Gasteiger partial charge in [-0.2, -0.15) is 0 Å². The number of hydrogen-bond donors (Lipinski definition) is 0. The molecule has 0 N–H and O–H groups in total. The van der Waals surface area contributed by atoms with Gasteiger partial charge in [0.1, 0.15) is 11.2 Å². The maximum atomic E-state index is 6.53. The van der Waals surface area contributed by atoms with E-state index in [1.807, 2.05) is 12.1 Å². The zero-order valence-electron chi connectivity index (χ0n) is 39.3. The van der Waals surface area contributed by atoms with Crippen LogP contribution in [-0.2, 0) is 0 Å². The molecule has 1 heterocycles. The first-order valence-electron chi connectivity index (χ1n) is 24.7. The first kappa shape index (κ1) is 41.5. The molecule has 0 unspecified atom stereocenters. The highest BCUT2D eigenvalue weighted by atomic mass is 16.3. The summed E-state index contributed by atoms with van der Waals surface area (Å²) in [6, 6.07) is 99.3. The Bertz CT molecular complexity index is 4360. The highest BCUT2D eigenvalue weighted by Crippen LogP contribution is 2.48. The number of anilines is 3. The van der Waals surface area contributed by atoms with Crippen LogP contribution in [-0.4, -0.2) is 0 Å². The predicted molar refractivity (Wildman–Crippen MR) is 306 cm³/mol. The van der Waals surface area contributed by atoms with Crippen LogP contribution in [0.25, 0.3) is 121 Å². The molecule has 1 aromatic heterocycles. The van der Waals surface area contributed by atoms with Crippen LogP contribution in [0, 0.1) is 0 Å². The molecular formula is C70H45NO. The predicted octanol–water partition coefficient (Wildman–Crippen LogP) is 20.0. The first-order chi connectivity index (χ1) is 35.7. The molecule has 0 aliphatic carbocycles. The molecule has 0 aliphatic rings. The number of para-hydroxylation sites is 3. The maximum Gasteiger partial charge on any atom is 0.143 e. The van der Waals surface area contributed by atoms with Crippen molar-refractivity contribution in [2.24, 2.45) is 0 Å². The molecule has 0 saturated carbocycles. The van der Waals surface area contributed by atoms with Crippen LogP contribution in [0.15, 0.2) is 277 Å². The van der Waals surface area contributed by atoms with Crippen molar-refractivity contribution in [3.05, 3.63) is 273 Å². The van der Waals surface area contributed by atoms with Crippen molar-refractivity contribution in [2.45, 2.75) is 0 Å². The van der Waals surface area contributed by atoms with Crippen LogP contribution in [0.3, 0.4) is 0 Å². The van der Waals surface area contributed by atoms with E-state index >= 15 is 0 Å². The Morgan fingerprint density at radius 3 is 1.47 bits per heavy atom. The van der Waals surface area contributed by atoms with E-state index < -0.39 is 0 Å². The molecule has 13 aromatic carbocycles. The molecule has 0 saturated heterocycles. The molecule has 14 rings (SSSR count). The maximum absolute atomic E-state index is 6.53. The van der Waals surface area contributed by atoms with E-state index in [1.165, 1.54) is 76.5 Å². The molecule has 0 amide bonds. The zero-order chi connectivity index (χ0) is 47.5. The smallest absolute Gasteiger partial charge is 0.143 e. The Kier molecular flexibility index (Phi) is 9.89. The summed E-state index contributed by atoms with van der Waals surface area (Å²) in [5, 5.41) is 12.2. The second-order valence-corrected chi connectivity index (χ2v) is 18.7. The number of fused-ring (bicyclic) bond motifs is 9. The van der Waals surface area contributed by atoms with E-state index in [4.69, 9.17) is 4.42 Å². The molecule has 0 atom stereocenters.